The molecule has 3 atom stereocenters. The van der Waals surface area contributed by atoms with Crippen LogP contribution in [0.1, 0.15) is 33.5 Å². The van der Waals surface area contributed by atoms with Gasteiger partial charge in [0.25, 0.3) is 5.91 Å². The molecule has 176 valence electrons. The standard InChI is InChI=1S/C26H28ClN5O2/c1-16-7-8-18(9-22(16)27)12-28-24-21(25(34)29-11-17-5-3-2-4-6-17)13-30-26(31-24)32-14-19-10-20(19)23(32)15-33/h2-9,13,19-20,23,33H,10-12,14-15H2,1H3,(H,29,34)(H,28,30,31). The molecule has 1 amide bonds. The highest BCUT2D eigenvalue weighted by Crippen LogP contribution is 2.50. The van der Waals surface area contributed by atoms with Crippen LogP contribution in [0.3, 0.4) is 0 Å². The monoisotopic (exact) mass is 477 g/mol. The summed E-state index contributed by atoms with van der Waals surface area (Å²) in [6, 6.07) is 15.7. The van der Waals surface area contributed by atoms with Crippen molar-refractivity contribution >= 4 is 29.3 Å². The summed E-state index contributed by atoms with van der Waals surface area (Å²) < 4.78 is 0. The van der Waals surface area contributed by atoms with E-state index in [0.29, 0.717) is 47.3 Å². The number of halogens is 1. The van der Waals surface area contributed by atoms with Crippen LogP contribution in [0.15, 0.2) is 54.7 Å². The molecule has 1 saturated heterocycles. The number of carbonyl (C=O) groups excluding carboxylic acids is 1. The number of hydrogen-bond donors (Lipinski definition) is 3. The van der Waals surface area contributed by atoms with Crippen molar-refractivity contribution in [2.75, 3.05) is 23.4 Å². The molecule has 0 radical (unpaired) electrons. The molecule has 1 aliphatic heterocycles. The lowest BCUT2D eigenvalue weighted by Gasteiger charge is -2.26. The van der Waals surface area contributed by atoms with Crippen molar-refractivity contribution in [1.82, 2.24) is 15.3 Å². The van der Waals surface area contributed by atoms with Crippen LogP contribution in [0, 0.1) is 18.8 Å². The minimum atomic E-state index is -0.247. The Labute approximate surface area is 204 Å². The van der Waals surface area contributed by atoms with Crippen LogP contribution >= 0.6 is 11.6 Å². The van der Waals surface area contributed by atoms with Crippen LogP contribution in [-0.2, 0) is 13.1 Å². The van der Waals surface area contributed by atoms with Crippen LogP contribution < -0.4 is 15.5 Å². The first-order valence-corrected chi connectivity index (χ1v) is 12.0. The number of nitrogens with zero attached hydrogens (tertiary/aromatic N) is 3. The Morgan fingerprint density at radius 2 is 2.00 bits per heavy atom. The minimum Gasteiger partial charge on any atom is -0.394 e. The summed E-state index contributed by atoms with van der Waals surface area (Å²) in [5.74, 6) is 1.86. The molecule has 2 heterocycles. The van der Waals surface area contributed by atoms with Gasteiger partial charge in [-0.15, -0.1) is 0 Å². The molecular formula is C26H28ClN5O2. The first-order valence-electron chi connectivity index (χ1n) is 11.6. The number of piperidine rings is 1. The number of aryl methyl sites for hydroxylation is 1. The SMILES string of the molecule is Cc1ccc(CNc2nc(N3CC4CC4C3CO)ncc2C(=O)NCc2ccccc2)cc1Cl. The van der Waals surface area contributed by atoms with Gasteiger partial charge in [0, 0.05) is 30.9 Å². The van der Waals surface area contributed by atoms with Crippen LogP contribution in [-0.4, -0.2) is 40.2 Å². The molecule has 3 N–H and O–H groups in total. The van der Waals surface area contributed by atoms with Gasteiger partial charge in [-0.3, -0.25) is 4.79 Å². The number of benzene rings is 2. The number of anilines is 2. The summed E-state index contributed by atoms with van der Waals surface area (Å²) in [6.45, 7) is 3.75. The first kappa shape index (κ1) is 22.6. The average molecular weight is 478 g/mol. The smallest absolute Gasteiger partial charge is 0.256 e. The highest BCUT2D eigenvalue weighted by Gasteiger charge is 2.53. The van der Waals surface area contributed by atoms with Crippen molar-refractivity contribution in [2.24, 2.45) is 11.8 Å². The van der Waals surface area contributed by atoms with Gasteiger partial charge in [0.05, 0.1) is 12.6 Å². The molecule has 2 fully saturated rings. The molecule has 1 aliphatic carbocycles. The summed E-state index contributed by atoms with van der Waals surface area (Å²) in [5, 5.41) is 16.9. The van der Waals surface area contributed by atoms with Gasteiger partial charge in [-0.2, -0.15) is 4.98 Å². The molecule has 3 unspecified atom stereocenters. The lowest BCUT2D eigenvalue weighted by Crippen LogP contribution is -2.37. The maximum absolute atomic E-state index is 13.1. The van der Waals surface area contributed by atoms with Gasteiger partial charge in [-0.05, 0) is 47.9 Å². The van der Waals surface area contributed by atoms with Crippen molar-refractivity contribution in [3.05, 3.63) is 82.0 Å². The van der Waals surface area contributed by atoms with Gasteiger partial charge < -0.3 is 20.6 Å². The second-order valence-electron chi connectivity index (χ2n) is 9.10. The molecule has 0 bridgehead atoms. The fraction of sp³-hybridized carbons (Fsp3) is 0.346. The Morgan fingerprint density at radius 3 is 2.76 bits per heavy atom. The van der Waals surface area contributed by atoms with Crippen LogP contribution in [0.5, 0.6) is 0 Å². The van der Waals surface area contributed by atoms with E-state index in [4.69, 9.17) is 16.6 Å². The summed E-state index contributed by atoms with van der Waals surface area (Å²) in [7, 11) is 0. The number of nitrogens with one attached hydrogen (secondary N) is 2. The number of carbonyl (C=O) groups is 1. The van der Waals surface area contributed by atoms with Crippen molar-refractivity contribution in [3.8, 4) is 0 Å². The second-order valence-corrected chi connectivity index (χ2v) is 9.51. The normalized spacial score (nSPS) is 20.7. The van der Waals surface area contributed by atoms with E-state index in [1.807, 2.05) is 55.5 Å². The van der Waals surface area contributed by atoms with Gasteiger partial charge in [0.15, 0.2) is 0 Å². The largest absolute Gasteiger partial charge is 0.394 e. The van der Waals surface area contributed by atoms with Crippen molar-refractivity contribution < 1.29 is 9.90 Å². The van der Waals surface area contributed by atoms with E-state index in [9.17, 15) is 9.90 Å². The zero-order chi connectivity index (χ0) is 23.7. The molecule has 1 aromatic heterocycles. The number of aliphatic hydroxyl groups excluding tert-OH is 1. The van der Waals surface area contributed by atoms with Gasteiger partial charge in [0.2, 0.25) is 5.95 Å². The Bertz CT molecular complexity index is 1190. The van der Waals surface area contributed by atoms with Crippen molar-refractivity contribution in [3.63, 3.8) is 0 Å². The maximum Gasteiger partial charge on any atom is 0.256 e. The highest BCUT2D eigenvalue weighted by molar-refractivity contribution is 6.31. The zero-order valence-electron chi connectivity index (χ0n) is 19.0. The molecule has 2 aromatic carbocycles. The molecule has 0 spiro atoms. The third-order valence-corrected chi connectivity index (χ3v) is 7.17. The zero-order valence-corrected chi connectivity index (χ0v) is 19.8. The van der Waals surface area contributed by atoms with Crippen molar-refractivity contribution in [2.45, 2.75) is 32.5 Å². The van der Waals surface area contributed by atoms with Gasteiger partial charge in [0.1, 0.15) is 11.4 Å². The fourth-order valence-corrected chi connectivity index (χ4v) is 4.86. The van der Waals surface area contributed by atoms with Crippen molar-refractivity contribution in [1.29, 1.82) is 0 Å². The van der Waals surface area contributed by atoms with E-state index >= 15 is 0 Å². The molecule has 2 aliphatic rings. The van der Waals surface area contributed by atoms with Crippen LogP contribution in [0.2, 0.25) is 5.02 Å². The quantitative estimate of drug-likeness (QED) is 0.457. The first-order chi connectivity index (χ1) is 16.5. The number of rotatable bonds is 8. The Balaban J connectivity index is 1.38. The molecular weight excluding hydrogens is 450 g/mol. The number of aromatic nitrogens is 2. The summed E-state index contributed by atoms with van der Waals surface area (Å²) in [5.41, 5.74) is 3.39. The Morgan fingerprint density at radius 1 is 1.18 bits per heavy atom. The highest BCUT2D eigenvalue weighted by atomic mass is 35.5. The number of fused-ring (bicyclic) bond motifs is 1. The van der Waals surface area contributed by atoms with E-state index in [0.717, 1.165) is 29.7 Å². The van der Waals surface area contributed by atoms with E-state index < -0.39 is 0 Å². The predicted octanol–water partition coefficient (Wildman–Crippen LogP) is 3.80. The summed E-state index contributed by atoms with van der Waals surface area (Å²) in [4.78, 5) is 24.4. The summed E-state index contributed by atoms with van der Waals surface area (Å²) in [6.07, 6.45) is 2.73. The van der Waals surface area contributed by atoms with E-state index in [-0.39, 0.29) is 18.6 Å². The molecule has 34 heavy (non-hydrogen) atoms. The Kier molecular flexibility index (Phi) is 6.39. The molecule has 5 rings (SSSR count). The lowest BCUT2D eigenvalue weighted by molar-refractivity contribution is 0.0951. The van der Waals surface area contributed by atoms with Gasteiger partial charge >= 0.3 is 0 Å². The van der Waals surface area contributed by atoms with E-state index in [2.05, 4.69) is 20.5 Å². The predicted molar refractivity (Wildman–Crippen MR) is 133 cm³/mol. The number of aliphatic hydroxyl groups is 1. The van der Waals surface area contributed by atoms with Gasteiger partial charge in [-0.1, -0.05) is 54.1 Å². The maximum atomic E-state index is 13.1. The number of amides is 1. The topological polar surface area (TPSA) is 90.4 Å². The second kappa shape index (κ2) is 9.60. The van der Waals surface area contributed by atoms with E-state index in [1.54, 1.807) is 6.20 Å². The lowest BCUT2D eigenvalue weighted by atomic mass is 10.1. The molecule has 1 saturated carbocycles. The summed E-state index contributed by atoms with van der Waals surface area (Å²) >= 11 is 6.29. The third-order valence-electron chi connectivity index (χ3n) is 6.76. The van der Waals surface area contributed by atoms with Crippen LogP contribution in [0.4, 0.5) is 11.8 Å². The molecule has 7 nitrogen and oxygen atoms in total. The van der Waals surface area contributed by atoms with E-state index in [1.165, 1.54) is 0 Å². The number of hydrogen-bond acceptors (Lipinski definition) is 6. The average Bonchev–Trinajstić information content (AvgIpc) is 3.53. The molecule has 3 aromatic rings. The Hall–Kier alpha value is -3.16. The van der Waals surface area contributed by atoms with Crippen LogP contribution in [0.25, 0.3) is 0 Å². The minimum absolute atomic E-state index is 0.0338. The fourth-order valence-electron chi connectivity index (χ4n) is 4.65. The van der Waals surface area contributed by atoms with Gasteiger partial charge in [-0.25, -0.2) is 4.98 Å². The third kappa shape index (κ3) is 4.72. The molecule has 8 heteroatoms.